The van der Waals surface area contributed by atoms with Gasteiger partial charge in [0, 0.05) is 18.7 Å². The molecule has 1 unspecified atom stereocenters. The Kier molecular flexibility index (Phi) is 4.57. The molecule has 4 bridgehead atoms. The second-order valence-corrected chi connectivity index (χ2v) is 11.6. The lowest BCUT2D eigenvalue weighted by Gasteiger charge is -2.57. The number of hydrogen-bond acceptors (Lipinski definition) is 3. The normalized spacial score (nSPS) is 40.6. The van der Waals surface area contributed by atoms with E-state index < -0.39 is 9.84 Å². The highest BCUT2D eigenvalue weighted by molar-refractivity contribution is 7.91. The van der Waals surface area contributed by atoms with E-state index in [0.29, 0.717) is 13.0 Å². The molecule has 0 aromatic rings. The van der Waals surface area contributed by atoms with Crippen LogP contribution in [0.3, 0.4) is 0 Å². The molecule has 5 rings (SSSR count). The SMILES string of the molecule is C=CCN(C(=O)C=C(C)C12CC3CC(CC(C3)C1)C2)C1CCS(=O)(=O)C1. The zero-order valence-electron chi connectivity index (χ0n) is 15.8. The zero-order chi connectivity index (χ0) is 18.5. The average Bonchev–Trinajstić information content (AvgIpc) is 2.90. The lowest BCUT2D eigenvalue weighted by molar-refractivity contribution is -0.127. The van der Waals surface area contributed by atoms with E-state index in [1.807, 2.05) is 6.08 Å². The molecule has 1 aliphatic heterocycles. The topological polar surface area (TPSA) is 54.5 Å². The first-order chi connectivity index (χ1) is 12.3. The fourth-order valence-corrected chi connectivity index (χ4v) is 8.32. The van der Waals surface area contributed by atoms with E-state index in [-0.39, 0.29) is 28.9 Å². The Labute approximate surface area is 157 Å². The predicted molar refractivity (Wildman–Crippen MR) is 103 cm³/mol. The van der Waals surface area contributed by atoms with Gasteiger partial charge in [-0.05, 0) is 75.0 Å². The Morgan fingerprint density at radius 3 is 2.19 bits per heavy atom. The average molecular weight is 378 g/mol. The van der Waals surface area contributed by atoms with Crippen LogP contribution in [0, 0.1) is 23.2 Å². The largest absolute Gasteiger partial charge is 0.331 e. The molecule has 0 aromatic heterocycles. The highest BCUT2D eigenvalue weighted by Gasteiger charge is 2.51. The van der Waals surface area contributed by atoms with Gasteiger partial charge in [0.25, 0.3) is 0 Å². The molecule has 5 aliphatic rings. The van der Waals surface area contributed by atoms with Crippen LogP contribution in [0.4, 0.5) is 0 Å². The van der Waals surface area contributed by atoms with Crippen molar-refractivity contribution in [3.63, 3.8) is 0 Å². The molecule has 4 nitrogen and oxygen atoms in total. The quantitative estimate of drug-likeness (QED) is 0.545. The molecule has 1 amide bonds. The molecular formula is C21H31NO3S. The van der Waals surface area contributed by atoms with Crippen LogP contribution in [0.5, 0.6) is 0 Å². The van der Waals surface area contributed by atoms with Gasteiger partial charge in [0.05, 0.1) is 11.5 Å². The third-order valence-electron chi connectivity index (χ3n) is 7.47. The minimum Gasteiger partial charge on any atom is -0.331 e. The molecule has 144 valence electrons. The van der Waals surface area contributed by atoms with Crippen molar-refractivity contribution in [1.82, 2.24) is 4.90 Å². The van der Waals surface area contributed by atoms with Crippen molar-refractivity contribution in [3.05, 3.63) is 24.3 Å². The number of rotatable bonds is 5. The number of nitrogens with zero attached hydrogens (tertiary/aromatic N) is 1. The molecule has 5 heteroatoms. The van der Waals surface area contributed by atoms with Gasteiger partial charge in [-0.3, -0.25) is 4.79 Å². The summed E-state index contributed by atoms with van der Waals surface area (Å²) in [6.07, 6.45) is 12.0. The Morgan fingerprint density at radius 2 is 1.73 bits per heavy atom. The molecule has 1 atom stereocenters. The lowest BCUT2D eigenvalue weighted by atomic mass is 9.48. The van der Waals surface area contributed by atoms with Gasteiger partial charge in [0.15, 0.2) is 9.84 Å². The summed E-state index contributed by atoms with van der Waals surface area (Å²) in [5, 5.41) is 0. The first-order valence-electron chi connectivity index (χ1n) is 10.1. The summed E-state index contributed by atoms with van der Waals surface area (Å²) in [5.74, 6) is 2.81. The number of allylic oxidation sites excluding steroid dienone is 1. The highest BCUT2D eigenvalue weighted by Crippen LogP contribution is 2.62. The Hall–Kier alpha value is -1.10. The van der Waals surface area contributed by atoms with Gasteiger partial charge in [0.1, 0.15) is 0 Å². The highest BCUT2D eigenvalue weighted by atomic mass is 32.2. The van der Waals surface area contributed by atoms with Crippen LogP contribution in [0.15, 0.2) is 24.3 Å². The Balaban J connectivity index is 1.54. The van der Waals surface area contributed by atoms with Crippen molar-refractivity contribution in [3.8, 4) is 0 Å². The Bertz CT molecular complexity index is 701. The lowest BCUT2D eigenvalue weighted by Crippen LogP contribution is -2.47. The molecule has 5 fully saturated rings. The molecular weight excluding hydrogens is 346 g/mol. The van der Waals surface area contributed by atoms with E-state index in [2.05, 4.69) is 13.5 Å². The monoisotopic (exact) mass is 377 g/mol. The van der Waals surface area contributed by atoms with Gasteiger partial charge in [-0.15, -0.1) is 6.58 Å². The van der Waals surface area contributed by atoms with E-state index >= 15 is 0 Å². The molecule has 0 radical (unpaired) electrons. The number of carbonyl (C=O) groups is 1. The third-order valence-corrected chi connectivity index (χ3v) is 9.22. The maximum absolute atomic E-state index is 13.0. The predicted octanol–water partition coefficient (Wildman–Crippen LogP) is 3.35. The fraction of sp³-hybridized carbons (Fsp3) is 0.762. The Morgan fingerprint density at radius 1 is 1.15 bits per heavy atom. The molecule has 1 saturated heterocycles. The first-order valence-corrected chi connectivity index (χ1v) is 11.9. The molecule has 1 heterocycles. The molecule has 0 N–H and O–H groups in total. The summed E-state index contributed by atoms with van der Waals surface area (Å²) >= 11 is 0. The van der Waals surface area contributed by atoms with Crippen molar-refractivity contribution in [2.45, 2.75) is 57.9 Å². The van der Waals surface area contributed by atoms with Crippen LogP contribution in [-0.2, 0) is 14.6 Å². The van der Waals surface area contributed by atoms with Gasteiger partial charge < -0.3 is 4.90 Å². The standard InChI is InChI=1S/C21H31NO3S/c1-3-5-22(19-4-6-26(24,25)14-19)20(23)7-15(2)21-11-16-8-17(12-21)10-18(9-16)13-21/h3,7,16-19H,1,4-6,8-14H2,2H3. The molecule has 0 spiro atoms. The first kappa shape index (κ1) is 18.3. The second-order valence-electron chi connectivity index (χ2n) is 9.36. The van der Waals surface area contributed by atoms with Gasteiger partial charge in [-0.1, -0.05) is 11.6 Å². The van der Waals surface area contributed by atoms with E-state index in [4.69, 9.17) is 0 Å². The van der Waals surface area contributed by atoms with E-state index in [1.165, 1.54) is 44.1 Å². The van der Waals surface area contributed by atoms with Crippen molar-refractivity contribution < 1.29 is 13.2 Å². The minimum atomic E-state index is -3.01. The van der Waals surface area contributed by atoms with Gasteiger partial charge in [-0.2, -0.15) is 0 Å². The molecule has 4 aliphatic carbocycles. The van der Waals surface area contributed by atoms with Crippen LogP contribution in [0.2, 0.25) is 0 Å². The molecule has 26 heavy (non-hydrogen) atoms. The van der Waals surface area contributed by atoms with Crippen LogP contribution in [0.25, 0.3) is 0 Å². The smallest absolute Gasteiger partial charge is 0.247 e. The molecule has 4 saturated carbocycles. The van der Waals surface area contributed by atoms with Gasteiger partial charge >= 0.3 is 0 Å². The summed E-state index contributed by atoms with van der Waals surface area (Å²) < 4.78 is 23.7. The van der Waals surface area contributed by atoms with Crippen LogP contribution in [0.1, 0.15) is 51.9 Å². The van der Waals surface area contributed by atoms with Crippen molar-refractivity contribution in [2.24, 2.45) is 23.2 Å². The third kappa shape index (κ3) is 3.28. The van der Waals surface area contributed by atoms with Crippen molar-refractivity contribution in [1.29, 1.82) is 0 Å². The van der Waals surface area contributed by atoms with E-state index in [1.54, 1.807) is 11.0 Å². The van der Waals surface area contributed by atoms with Crippen LogP contribution in [-0.4, -0.2) is 43.3 Å². The van der Waals surface area contributed by atoms with E-state index in [9.17, 15) is 13.2 Å². The number of sulfone groups is 1. The van der Waals surface area contributed by atoms with Crippen LogP contribution < -0.4 is 0 Å². The number of carbonyl (C=O) groups excluding carboxylic acids is 1. The van der Waals surface area contributed by atoms with Crippen molar-refractivity contribution >= 4 is 15.7 Å². The summed E-state index contributed by atoms with van der Waals surface area (Å²) in [4.78, 5) is 14.8. The number of hydrogen-bond donors (Lipinski definition) is 0. The summed E-state index contributed by atoms with van der Waals surface area (Å²) in [7, 11) is -3.01. The second kappa shape index (κ2) is 6.50. The maximum atomic E-state index is 13.0. The summed E-state index contributed by atoms with van der Waals surface area (Å²) in [6, 6.07) is -0.203. The van der Waals surface area contributed by atoms with Crippen molar-refractivity contribution in [2.75, 3.05) is 18.1 Å². The minimum absolute atomic E-state index is 0.0276. The number of amides is 1. The van der Waals surface area contributed by atoms with E-state index in [0.717, 1.165) is 17.8 Å². The fourth-order valence-electron chi connectivity index (χ4n) is 6.59. The van der Waals surface area contributed by atoms with Gasteiger partial charge in [0.2, 0.25) is 5.91 Å². The summed E-state index contributed by atoms with van der Waals surface area (Å²) in [6.45, 7) is 6.32. The summed E-state index contributed by atoms with van der Waals surface area (Å²) in [5.41, 5.74) is 1.46. The van der Waals surface area contributed by atoms with Gasteiger partial charge in [-0.25, -0.2) is 8.42 Å². The zero-order valence-corrected chi connectivity index (χ0v) is 16.6. The molecule has 0 aromatic carbocycles. The van der Waals surface area contributed by atoms with Crippen LogP contribution >= 0.6 is 0 Å². The maximum Gasteiger partial charge on any atom is 0.247 e.